The number of fused-ring (bicyclic) bond motifs is 1. The summed E-state index contributed by atoms with van der Waals surface area (Å²) >= 11 is 0. The van der Waals surface area contributed by atoms with Gasteiger partial charge in [0.05, 0.1) is 5.52 Å². The van der Waals surface area contributed by atoms with E-state index in [1.807, 2.05) is 44.2 Å². The Morgan fingerprint density at radius 2 is 2.08 bits per heavy atom. The van der Waals surface area contributed by atoms with Crippen molar-refractivity contribution in [3.8, 4) is 0 Å². The van der Waals surface area contributed by atoms with Gasteiger partial charge in [-0.3, -0.25) is 9.59 Å². The van der Waals surface area contributed by atoms with Crippen LogP contribution < -0.4 is 10.9 Å². The molecule has 0 aliphatic rings. The Bertz CT molecular complexity index is 926. The first-order valence-corrected chi connectivity index (χ1v) is 7.70. The van der Waals surface area contributed by atoms with Gasteiger partial charge in [0.1, 0.15) is 12.1 Å². The summed E-state index contributed by atoms with van der Waals surface area (Å²) in [6, 6.07) is 10.9. The van der Waals surface area contributed by atoms with Gasteiger partial charge in [-0.15, -0.1) is 5.10 Å². The van der Waals surface area contributed by atoms with Crippen molar-refractivity contribution in [2.45, 2.75) is 25.8 Å². The first-order chi connectivity index (χ1) is 11.5. The molecule has 0 saturated carbocycles. The van der Waals surface area contributed by atoms with Gasteiger partial charge in [-0.25, -0.2) is 4.68 Å². The summed E-state index contributed by atoms with van der Waals surface area (Å²) in [7, 11) is 0. The summed E-state index contributed by atoms with van der Waals surface area (Å²) in [6.45, 7) is 4.48. The lowest BCUT2D eigenvalue weighted by Crippen LogP contribution is -2.38. The minimum absolute atomic E-state index is 0.103. The fraction of sp³-hybridized carbons (Fsp3) is 0.294. The van der Waals surface area contributed by atoms with Crippen molar-refractivity contribution in [3.05, 3.63) is 58.5 Å². The van der Waals surface area contributed by atoms with E-state index in [9.17, 15) is 9.59 Å². The van der Waals surface area contributed by atoms with Crippen LogP contribution in [0.1, 0.15) is 19.4 Å². The predicted molar refractivity (Wildman–Crippen MR) is 90.6 cm³/mol. The number of aromatic amines is 1. The van der Waals surface area contributed by atoms with E-state index in [-0.39, 0.29) is 23.4 Å². The van der Waals surface area contributed by atoms with Crippen LogP contribution in [0.15, 0.2) is 47.4 Å². The highest BCUT2D eigenvalue weighted by Crippen LogP contribution is 2.20. The third-order valence-corrected chi connectivity index (χ3v) is 4.00. The van der Waals surface area contributed by atoms with Gasteiger partial charge in [-0.2, -0.15) is 0 Å². The number of para-hydroxylation sites is 1. The average molecular weight is 325 g/mol. The maximum atomic E-state index is 12.2. The smallest absolute Gasteiger partial charge is 0.248 e. The van der Waals surface area contributed by atoms with E-state index in [1.165, 1.54) is 0 Å². The minimum Gasteiger partial charge on any atom is -0.354 e. The molecule has 2 heterocycles. The molecule has 2 aromatic heterocycles. The summed E-state index contributed by atoms with van der Waals surface area (Å²) in [5.41, 5.74) is 1.95. The van der Waals surface area contributed by atoms with Crippen molar-refractivity contribution in [2.75, 3.05) is 6.54 Å². The number of carbonyl (C=O) groups is 1. The summed E-state index contributed by atoms with van der Waals surface area (Å²) in [5, 5.41) is 10.9. The maximum absolute atomic E-state index is 12.2. The van der Waals surface area contributed by atoms with Gasteiger partial charge in [0.15, 0.2) is 0 Å². The number of pyridine rings is 1. The molecule has 1 aromatic carbocycles. The highest BCUT2D eigenvalue weighted by atomic mass is 16.2. The van der Waals surface area contributed by atoms with Crippen molar-refractivity contribution in [1.82, 2.24) is 25.3 Å². The fourth-order valence-corrected chi connectivity index (χ4v) is 2.51. The van der Waals surface area contributed by atoms with Crippen LogP contribution in [0.3, 0.4) is 0 Å². The molecule has 24 heavy (non-hydrogen) atoms. The molecule has 1 amide bonds. The molecule has 124 valence electrons. The van der Waals surface area contributed by atoms with E-state index >= 15 is 0 Å². The zero-order chi connectivity index (χ0) is 17.2. The van der Waals surface area contributed by atoms with Crippen LogP contribution in [0.25, 0.3) is 11.0 Å². The second-order valence-corrected chi connectivity index (χ2v) is 6.34. The Hall–Kier alpha value is -2.96. The van der Waals surface area contributed by atoms with Crippen LogP contribution in [-0.4, -0.2) is 32.4 Å². The quantitative estimate of drug-likeness (QED) is 0.737. The zero-order valence-electron chi connectivity index (χ0n) is 13.6. The predicted octanol–water partition coefficient (Wildman–Crippen LogP) is 1.21. The first kappa shape index (κ1) is 15.9. The number of hydrogen-bond donors (Lipinski definition) is 2. The van der Waals surface area contributed by atoms with E-state index < -0.39 is 0 Å². The van der Waals surface area contributed by atoms with Crippen LogP contribution >= 0.6 is 0 Å². The number of aromatic nitrogens is 4. The maximum Gasteiger partial charge on any atom is 0.248 e. The van der Waals surface area contributed by atoms with Gasteiger partial charge in [0, 0.05) is 24.2 Å². The summed E-state index contributed by atoms with van der Waals surface area (Å²) in [6.07, 6.45) is 1.61. The number of nitrogens with zero attached hydrogens (tertiary/aromatic N) is 3. The molecular weight excluding hydrogens is 306 g/mol. The van der Waals surface area contributed by atoms with Gasteiger partial charge in [-0.05, 0) is 23.8 Å². The second-order valence-electron chi connectivity index (χ2n) is 6.34. The molecule has 0 radical (unpaired) electrons. The number of nitrogens with one attached hydrogen (secondary N) is 2. The lowest BCUT2D eigenvalue weighted by molar-refractivity contribution is -0.122. The van der Waals surface area contributed by atoms with E-state index in [4.69, 9.17) is 0 Å². The van der Waals surface area contributed by atoms with E-state index in [0.717, 1.165) is 16.6 Å². The monoisotopic (exact) mass is 325 g/mol. The Labute approximate surface area is 138 Å². The van der Waals surface area contributed by atoms with Crippen LogP contribution in [0, 0.1) is 0 Å². The molecular formula is C17H19N5O2. The van der Waals surface area contributed by atoms with Crippen LogP contribution in [0.5, 0.6) is 0 Å². The number of hydrogen-bond acceptors (Lipinski definition) is 4. The van der Waals surface area contributed by atoms with Crippen molar-refractivity contribution in [1.29, 1.82) is 0 Å². The highest BCUT2D eigenvalue weighted by molar-refractivity contribution is 5.79. The van der Waals surface area contributed by atoms with Crippen molar-refractivity contribution in [3.63, 3.8) is 0 Å². The number of benzene rings is 1. The Morgan fingerprint density at radius 3 is 2.88 bits per heavy atom. The summed E-state index contributed by atoms with van der Waals surface area (Å²) in [4.78, 5) is 26.3. The van der Waals surface area contributed by atoms with E-state index in [2.05, 4.69) is 20.6 Å². The Morgan fingerprint density at radius 1 is 1.29 bits per heavy atom. The second kappa shape index (κ2) is 6.27. The van der Waals surface area contributed by atoms with Gasteiger partial charge >= 0.3 is 0 Å². The third kappa shape index (κ3) is 3.34. The molecule has 7 heteroatoms. The molecule has 0 aliphatic heterocycles. The van der Waals surface area contributed by atoms with Crippen LogP contribution in [0.4, 0.5) is 0 Å². The molecule has 0 unspecified atom stereocenters. The number of rotatable bonds is 5. The summed E-state index contributed by atoms with van der Waals surface area (Å²) in [5.74, 6) is -0.149. The Kier molecular flexibility index (Phi) is 4.16. The van der Waals surface area contributed by atoms with E-state index in [1.54, 1.807) is 16.9 Å². The first-order valence-electron chi connectivity index (χ1n) is 7.70. The lowest BCUT2D eigenvalue weighted by Gasteiger charge is -2.25. The van der Waals surface area contributed by atoms with Crippen molar-refractivity contribution < 1.29 is 4.79 Å². The topological polar surface area (TPSA) is 92.7 Å². The highest BCUT2D eigenvalue weighted by Gasteiger charge is 2.22. The zero-order valence-corrected chi connectivity index (χ0v) is 13.6. The van der Waals surface area contributed by atoms with Crippen LogP contribution in [0.2, 0.25) is 0 Å². The largest absolute Gasteiger partial charge is 0.354 e. The summed E-state index contributed by atoms with van der Waals surface area (Å²) < 4.78 is 1.57. The third-order valence-electron chi connectivity index (χ3n) is 4.00. The molecule has 0 fully saturated rings. The van der Waals surface area contributed by atoms with Crippen molar-refractivity contribution >= 4 is 16.9 Å². The molecule has 3 rings (SSSR count). The van der Waals surface area contributed by atoms with Crippen LogP contribution in [-0.2, 0) is 16.8 Å². The number of amides is 1. The molecule has 0 bridgehead atoms. The molecule has 0 spiro atoms. The molecule has 7 nitrogen and oxygen atoms in total. The van der Waals surface area contributed by atoms with Gasteiger partial charge in [0.2, 0.25) is 11.5 Å². The van der Waals surface area contributed by atoms with Crippen molar-refractivity contribution in [2.24, 2.45) is 0 Å². The van der Waals surface area contributed by atoms with E-state index in [0.29, 0.717) is 6.54 Å². The standard InChI is InChI=1S/C17H19N5O2/c1-17(2,12-7-8-18-15(23)9-12)11-19-16(24)10-22-14-6-4-3-5-13(14)20-21-22/h3-9H,10-11H2,1-2H3,(H,18,23)(H,19,24). The average Bonchev–Trinajstić information content (AvgIpc) is 2.96. The Balaban J connectivity index is 1.66. The van der Waals surface area contributed by atoms with Gasteiger partial charge < -0.3 is 10.3 Å². The lowest BCUT2D eigenvalue weighted by atomic mass is 9.85. The molecule has 0 saturated heterocycles. The van der Waals surface area contributed by atoms with Gasteiger partial charge in [-0.1, -0.05) is 31.2 Å². The normalized spacial score (nSPS) is 11.6. The molecule has 2 N–H and O–H groups in total. The number of H-pyrrole nitrogens is 1. The molecule has 0 atom stereocenters. The molecule has 3 aromatic rings. The SMILES string of the molecule is CC(C)(CNC(=O)Cn1nnc2ccccc21)c1cc[nH]c(=O)c1. The fourth-order valence-electron chi connectivity index (χ4n) is 2.51. The van der Waals surface area contributed by atoms with Gasteiger partial charge in [0.25, 0.3) is 0 Å². The molecule has 0 aliphatic carbocycles. The number of carbonyl (C=O) groups excluding carboxylic acids is 1. The minimum atomic E-state index is -0.353.